The van der Waals surface area contributed by atoms with Gasteiger partial charge in [-0.3, -0.25) is 9.69 Å². The molecule has 0 aromatic rings. The van der Waals surface area contributed by atoms with Gasteiger partial charge in [0.2, 0.25) is 5.91 Å². The van der Waals surface area contributed by atoms with Gasteiger partial charge < -0.3 is 14.7 Å². The second-order valence-electron chi connectivity index (χ2n) is 7.60. The number of hydrogen-bond donors (Lipinski definition) is 1. The van der Waals surface area contributed by atoms with Crippen LogP contribution in [0.4, 0.5) is 4.79 Å². The van der Waals surface area contributed by atoms with E-state index in [1.807, 2.05) is 20.8 Å². The first-order valence-corrected chi connectivity index (χ1v) is 7.29. The zero-order valence-corrected chi connectivity index (χ0v) is 14.1. The molecule has 6 heteroatoms. The molecule has 1 aliphatic rings. The SMILES string of the molecule is CN1C(=O)C(CCO)N(C(=O)OC(C)(C)C)C1C(C)(C)C. The first-order chi connectivity index (χ1) is 9.40. The maximum Gasteiger partial charge on any atom is 0.412 e. The summed E-state index contributed by atoms with van der Waals surface area (Å²) in [7, 11) is 1.69. The maximum absolute atomic E-state index is 12.5. The van der Waals surface area contributed by atoms with E-state index in [9.17, 15) is 14.7 Å². The van der Waals surface area contributed by atoms with Gasteiger partial charge in [-0.2, -0.15) is 0 Å². The molecule has 2 unspecified atom stereocenters. The smallest absolute Gasteiger partial charge is 0.412 e. The molecule has 6 nitrogen and oxygen atoms in total. The predicted molar refractivity (Wildman–Crippen MR) is 79.6 cm³/mol. The predicted octanol–water partition coefficient (Wildman–Crippen LogP) is 1.82. The first kappa shape index (κ1) is 17.8. The van der Waals surface area contributed by atoms with Gasteiger partial charge in [-0.25, -0.2) is 4.79 Å². The molecule has 0 spiro atoms. The quantitative estimate of drug-likeness (QED) is 0.844. The van der Waals surface area contributed by atoms with Crippen molar-refractivity contribution in [2.75, 3.05) is 13.7 Å². The molecular formula is C15H28N2O4. The average Bonchev–Trinajstić information content (AvgIpc) is 2.51. The number of carbonyl (C=O) groups excluding carboxylic acids is 2. The third-order valence-corrected chi connectivity index (χ3v) is 3.38. The van der Waals surface area contributed by atoms with Crippen LogP contribution < -0.4 is 0 Å². The minimum Gasteiger partial charge on any atom is -0.444 e. The molecule has 1 saturated heterocycles. The average molecular weight is 300 g/mol. The topological polar surface area (TPSA) is 70.1 Å². The molecule has 1 fully saturated rings. The zero-order valence-electron chi connectivity index (χ0n) is 14.1. The number of likely N-dealkylation sites (N-methyl/N-ethyl adjacent to an activating group) is 1. The lowest BCUT2D eigenvalue weighted by atomic mass is 9.91. The Balaban J connectivity index is 3.17. The summed E-state index contributed by atoms with van der Waals surface area (Å²) >= 11 is 0. The van der Waals surface area contributed by atoms with Gasteiger partial charge in [-0.15, -0.1) is 0 Å². The summed E-state index contributed by atoms with van der Waals surface area (Å²) in [5.74, 6) is -0.158. The lowest BCUT2D eigenvalue weighted by molar-refractivity contribution is -0.130. The molecule has 1 N–H and O–H groups in total. The summed E-state index contributed by atoms with van der Waals surface area (Å²) < 4.78 is 5.45. The Morgan fingerprint density at radius 2 is 1.76 bits per heavy atom. The fourth-order valence-corrected chi connectivity index (χ4v) is 2.76. The van der Waals surface area contributed by atoms with Gasteiger partial charge in [-0.05, 0) is 20.8 Å². The van der Waals surface area contributed by atoms with Gasteiger partial charge in [0.1, 0.15) is 17.8 Å². The van der Waals surface area contributed by atoms with E-state index in [1.54, 1.807) is 32.7 Å². The van der Waals surface area contributed by atoms with Crippen molar-refractivity contribution in [3.8, 4) is 0 Å². The number of hydrogen-bond acceptors (Lipinski definition) is 4. The van der Waals surface area contributed by atoms with E-state index in [2.05, 4.69) is 0 Å². The molecular weight excluding hydrogens is 272 g/mol. The molecule has 0 aliphatic carbocycles. The molecule has 0 radical (unpaired) electrons. The van der Waals surface area contributed by atoms with Gasteiger partial charge in [0.15, 0.2) is 0 Å². The molecule has 0 aromatic heterocycles. The van der Waals surface area contributed by atoms with Crippen molar-refractivity contribution in [1.29, 1.82) is 0 Å². The number of aliphatic hydroxyl groups is 1. The summed E-state index contributed by atoms with van der Waals surface area (Å²) in [6.07, 6.45) is -0.690. The molecule has 1 aliphatic heterocycles. The molecule has 1 heterocycles. The van der Waals surface area contributed by atoms with Crippen LogP contribution in [0.15, 0.2) is 0 Å². The molecule has 0 saturated carbocycles. The number of aliphatic hydroxyl groups excluding tert-OH is 1. The Bertz CT molecular complexity index is 409. The van der Waals surface area contributed by atoms with E-state index < -0.39 is 23.9 Å². The van der Waals surface area contributed by atoms with Crippen molar-refractivity contribution in [1.82, 2.24) is 9.80 Å². The summed E-state index contributed by atoms with van der Waals surface area (Å²) in [6, 6.07) is -0.668. The highest BCUT2D eigenvalue weighted by Crippen LogP contribution is 2.35. The Morgan fingerprint density at radius 3 is 2.14 bits per heavy atom. The molecule has 21 heavy (non-hydrogen) atoms. The summed E-state index contributed by atoms with van der Waals surface area (Å²) in [5, 5.41) is 9.20. The van der Waals surface area contributed by atoms with Crippen molar-refractivity contribution in [3.05, 3.63) is 0 Å². The molecule has 0 aromatic carbocycles. The fourth-order valence-electron chi connectivity index (χ4n) is 2.76. The molecule has 1 rings (SSSR count). The molecule has 0 bridgehead atoms. The van der Waals surface area contributed by atoms with Gasteiger partial charge in [-0.1, -0.05) is 20.8 Å². The van der Waals surface area contributed by atoms with Crippen molar-refractivity contribution in [3.63, 3.8) is 0 Å². The van der Waals surface area contributed by atoms with Gasteiger partial charge in [0.25, 0.3) is 0 Å². The second kappa shape index (κ2) is 5.83. The molecule has 2 amide bonds. The lowest BCUT2D eigenvalue weighted by Gasteiger charge is -2.39. The van der Waals surface area contributed by atoms with Crippen LogP contribution in [0.3, 0.4) is 0 Å². The van der Waals surface area contributed by atoms with Gasteiger partial charge in [0.05, 0.1) is 0 Å². The third kappa shape index (κ3) is 3.87. The van der Waals surface area contributed by atoms with E-state index in [-0.39, 0.29) is 24.3 Å². The fraction of sp³-hybridized carbons (Fsp3) is 0.867. The highest BCUT2D eigenvalue weighted by Gasteiger charge is 2.52. The lowest BCUT2D eigenvalue weighted by Crippen LogP contribution is -2.52. The van der Waals surface area contributed by atoms with E-state index >= 15 is 0 Å². The van der Waals surface area contributed by atoms with Crippen molar-refractivity contribution >= 4 is 12.0 Å². The largest absolute Gasteiger partial charge is 0.444 e. The minimum atomic E-state index is -0.668. The number of nitrogens with zero attached hydrogens (tertiary/aromatic N) is 2. The summed E-state index contributed by atoms with van der Waals surface area (Å²) in [6.45, 7) is 11.1. The Hall–Kier alpha value is -1.30. The Labute approximate surface area is 127 Å². The molecule has 2 atom stereocenters. The summed E-state index contributed by atoms with van der Waals surface area (Å²) in [4.78, 5) is 28.0. The highest BCUT2D eigenvalue weighted by molar-refractivity contribution is 5.89. The Morgan fingerprint density at radius 1 is 1.24 bits per heavy atom. The van der Waals surface area contributed by atoms with Crippen LogP contribution in [0.2, 0.25) is 0 Å². The number of carbonyl (C=O) groups is 2. The van der Waals surface area contributed by atoms with Gasteiger partial charge in [0, 0.05) is 25.5 Å². The normalized spacial score (nSPS) is 23.7. The third-order valence-electron chi connectivity index (χ3n) is 3.38. The zero-order chi connectivity index (χ0) is 16.6. The number of rotatable bonds is 2. The van der Waals surface area contributed by atoms with E-state index in [0.717, 1.165) is 0 Å². The minimum absolute atomic E-state index is 0.152. The van der Waals surface area contributed by atoms with Crippen LogP contribution in [-0.2, 0) is 9.53 Å². The second-order valence-corrected chi connectivity index (χ2v) is 7.60. The first-order valence-electron chi connectivity index (χ1n) is 7.29. The van der Waals surface area contributed by atoms with Crippen molar-refractivity contribution in [2.45, 2.75) is 65.8 Å². The van der Waals surface area contributed by atoms with Crippen LogP contribution in [0.1, 0.15) is 48.0 Å². The van der Waals surface area contributed by atoms with Crippen LogP contribution in [-0.4, -0.2) is 58.4 Å². The highest BCUT2D eigenvalue weighted by atomic mass is 16.6. The monoisotopic (exact) mass is 300 g/mol. The molecule has 122 valence electrons. The maximum atomic E-state index is 12.5. The van der Waals surface area contributed by atoms with Crippen LogP contribution >= 0.6 is 0 Å². The van der Waals surface area contributed by atoms with Crippen LogP contribution in [0, 0.1) is 5.41 Å². The number of amides is 2. The number of ether oxygens (including phenoxy) is 1. The summed E-state index contributed by atoms with van der Waals surface area (Å²) in [5.41, 5.74) is -0.945. The van der Waals surface area contributed by atoms with E-state index in [4.69, 9.17) is 4.74 Å². The standard InChI is InChI=1S/C15H28N2O4/c1-14(2,3)12-16(7)11(19)10(8-9-18)17(12)13(20)21-15(4,5)6/h10,12,18H,8-9H2,1-7H3. The Kier molecular flexibility index (Phi) is 4.93. The van der Waals surface area contributed by atoms with Crippen molar-refractivity contribution in [2.24, 2.45) is 5.41 Å². The van der Waals surface area contributed by atoms with E-state index in [1.165, 1.54) is 4.90 Å². The van der Waals surface area contributed by atoms with Crippen molar-refractivity contribution < 1.29 is 19.4 Å². The van der Waals surface area contributed by atoms with Gasteiger partial charge >= 0.3 is 6.09 Å². The van der Waals surface area contributed by atoms with Crippen LogP contribution in [0.25, 0.3) is 0 Å². The van der Waals surface area contributed by atoms with E-state index in [0.29, 0.717) is 0 Å². The van der Waals surface area contributed by atoms with Crippen LogP contribution in [0.5, 0.6) is 0 Å².